The molecule has 1 aromatic rings. The van der Waals surface area contributed by atoms with E-state index in [0.717, 1.165) is 43.2 Å². The van der Waals surface area contributed by atoms with Crippen LogP contribution in [-0.2, 0) is 20.9 Å². The van der Waals surface area contributed by atoms with Crippen LogP contribution in [0.4, 0.5) is 4.79 Å². The number of piperidine rings is 1. The largest absolute Gasteiger partial charge is 0.444 e. The van der Waals surface area contributed by atoms with Crippen molar-refractivity contribution in [2.45, 2.75) is 116 Å². The number of hydrogen-bond acceptors (Lipinski definition) is 6. The molecule has 1 saturated carbocycles. The van der Waals surface area contributed by atoms with E-state index in [-0.39, 0.29) is 36.4 Å². The molecule has 9 heteroatoms. The highest BCUT2D eigenvalue weighted by molar-refractivity contribution is 6.05. The molecule has 9 nitrogen and oxygen atoms in total. The fraction of sp³-hybridized carbons (Fsp3) is 0.655. The summed E-state index contributed by atoms with van der Waals surface area (Å²) in [6, 6.07) is 5.71. The van der Waals surface area contributed by atoms with Gasteiger partial charge in [-0.2, -0.15) is 0 Å². The third-order valence-electron chi connectivity index (χ3n) is 7.59. The molecule has 2 atom stereocenters. The second-order valence-electron chi connectivity index (χ2n) is 12.3. The average Bonchev–Trinajstić information content (AvgIpc) is 3.15. The van der Waals surface area contributed by atoms with Crippen LogP contribution in [0, 0.1) is 5.92 Å². The molecule has 3 aliphatic rings. The summed E-state index contributed by atoms with van der Waals surface area (Å²) in [5, 5.41) is 9.26. The summed E-state index contributed by atoms with van der Waals surface area (Å²) in [6.07, 6.45) is 4.77. The Morgan fingerprint density at radius 3 is 2.39 bits per heavy atom. The van der Waals surface area contributed by atoms with Gasteiger partial charge in [-0.3, -0.25) is 19.7 Å². The van der Waals surface area contributed by atoms with Crippen LogP contribution in [0.2, 0.25) is 0 Å². The summed E-state index contributed by atoms with van der Waals surface area (Å²) in [6.45, 7) is 10.3. The zero-order valence-corrected chi connectivity index (χ0v) is 23.3. The summed E-state index contributed by atoms with van der Waals surface area (Å²) in [5.74, 6) is -0.379. The van der Waals surface area contributed by atoms with E-state index in [9.17, 15) is 19.2 Å². The lowest BCUT2D eigenvalue weighted by atomic mass is 9.87. The van der Waals surface area contributed by atoms with Gasteiger partial charge in [-0.15, -0.1) is 0 Å². The molecule has 1 aromatic carbocycles. The normalized spacial score (nSPS) is 24.7. The van der Waals surface area contributed by atoms with Crippen LogP contribution in [0.1, 0.15) is 107 Å². The number of amides is 4. The monoisotopic (exact) mass is 526 g/mol. The summed E-state index contributed by atoms with van der Waals surface area (Å²) in [5.41, 5.74) is 2.21. The second-order valence-corrected chi connectivity index (χ2v) is 12.3. The lowest BCUT2D eigenvalue weighted by molar-refractivity contribution is -0.136. The fourth-order valence-corrected chi connectivity index (χ4v) is 5.86. The minimum absolute atomic E-state index is 0.0693. The molecule has 1 saturated heterocycles. The van der Waals surface area contributed by atoms with E-state index in [4.69, 9.17) is 4.74 Å². The molecule has 4 rings (SSSR count). The number of nitrogens with zero attached hydrogens (tertiary/aromatic N) is 1. The van der Waals surface area contributed by atoms with Gasteiger partial charge in [0.05, 0.1) is 0 Å². The Morgan fingerprint density at radius 1 is 1.08 bits per heavy atom. The van der Waals surface area contributed by atoms with E-state index in [1.165, 1.54) is 0 Å². The van der Waals surface area contributed by atoms with Crippen molar-refractivity contribution in [3.05, 3.63) is 34.9 Å². The summed E-state index contributed by atoms with van der Waals surface area (Å²) < 4.78 is 5.41. The van der Waals surface area contributed by atoms with Gasteiger partial charge in [0, 0.05) is 36.7 Å². The van der Waals surface area contributed by atoms with E-state index < -0.39 is 17.6 Å². The van der Waals surface area contributed by atoms with Crippen molar-refractivity contribution in [3.8, 4) is 0 Å². The Kier molecular flexibility index (Phi) is 8.45. The number of benzene rings is 1. The zero-order chi connectivity index (χ0) is 27.6. The van der Waals surface area contributed by atoms with Crippen LogP contribution in [-0.4, -0.2) is 52.4 Å². The van der Waals surface area contributed by atoms with Crippen molar-refractivity contribution in [3.63, 3.8) is 0 Å². The predicted octanol–water partition coefficient (Wildman–Crippen LogP) is 3.96. The minimum Gasteiger partial charge on any atom is -0.444 e. The van der Waals surface area contributed by atoms with Gasteiger partial charge in [-0.05, 0) is 82.4 Å². The van der Waals surface area contributed by atoms with E-state index in [0.29, 0.717) is 30.5 Å². The van der Waals surface area contributed by atoms with Gasteiger partial charge < -0.3 is 20.3 Å². The van der Waals surface area contributed by atoms with Crippen molar-refractivity contribution in [2.75, 3.05) is 0 Å². The number of alkyl carbamates (subject to hydrolysis) is 1. The molecule has 208 valence electrons. The molecule has 1 aliphatic carbocycles. The van der Waals surface area contributed by atoms with E-state index in [1.54, 1.807) is 4.90 Å². The van der Waals surface area contributed by atoms with Gasteiger partial charge in [-0.1, -0.05) is 26.0 Å². The number of rotatable bonds is 7. The molecule has 2 heterocycles. The van der Waals surface area contributed by atoms with Crippen molar-refractivity contribution < 1.29 is 23.9 Å². The number of carbonyl (C=O) groups is 4. The molecular formula is C29H42N4O5. The predicted molar refractivity (Wildman–Crippen MR) is 143 cm³/mol. The molecule has 0 unspecified atom stereocenters. The standard InChI is InChI=1S/C29H42N4O5/c1-17(2)15-23(30-18-9-11-19(12-10-18)31-28(37)38-29(3,4)5)20-7-6-8-21-22(20)16-33(27(21)36)24-13-14-25(34)32-26(24)35/h6-8,17-19,23-24,30H,9-16H2,1-5H3,(H,31,37)(H,32,34,35)/t18?,19?,23-,24-/m1/s1. The van der Waals surface area contributed by atoms with Gasteiger partial charge in [0.25, 0.3) is 5.91 Å². The molecule has 2 aliphatic heterocycles. The highest BCUT2D eigenvalue weighted by Gasteiger charge is 2.40. The molecule has 4 amide bonds. The number of hydrogen-bond donors (Lipinski definition) is 3. The average molecular weight is 527 g/mol. The number of nitrogens with one attached hydrogen (secondary N) is 3. The molecule has 0 bridgehead atoms. The summed E-state index contributed by atoms with van der Waals surface area (Å²) >= 11 is 0. The highest BCUT2D eigenvalue weighted by atomic mass is 16.6. The van der Waals surface area contributed by atoms with Gasteiger partial charge in [-0.25, -0.2) is 4.79 Å². The van der Waals surface area contributed by atoms with Crippen LogP contribution >= 0.6 is 0 Å². The lowest BCUT2D eigenvalue weighted by Crippen LogP contribution is -2.52. The van der Waals surface area contributed by atoms with Gasteiger partial charge >= 0.3 is 6.09 Å². The van der Waals surface area contributed by atoms with Crippen molar-refractivity contribution in [1.29, 1.82) is 0 Å². The summed E-state index contributed by atoms with van der Waals surface area (Å²) in [4.78, 5) is 51.3. The molecular weight excluding hydrogens is 484 g/mol. The van der Waals surface area contributed by atoms with Gasteiger partial charge in [0.1, 0.15) is 11.6 Å². The van der Waals surface area contributed by atoms with E-state index in [1.807, 2.05) is 32.9 Å². The zero-order valence-electron chi connectivity index (χ0n) is 23.3. The Labute approximate surface area is 225 Å². The topological polar surface area (TPSA) is 117 Å². The smallest absolute Gasteiger partial charge is 0.407 e. The maximum absolute atomic E-state index is 13.3. The minimum atomic E-state index is -0.621. The lowest BCUT2D eigenvalue weighted by Gasteiger charge is -2.34. The third-order valence-corrected chi connectivity index (χ3v) is 7.59. The maximum atomic E-state index is 13.3. The Balaban J connectivity index is 1.44. The molecule has 2 fully saturated rings. The van der Waals surface area contributed by atoms with Crippen molar-refractivity contribution >= 4 is 23.8 Å². The number of imide groups is 1. The number of carbonyl (C=O) groups excluding carboxylic acids is 4. The van der Waals surface area contributed by atoms with E-state index in [2.05, 4.69) is 35.9 Å². The first-order chi connectivity index (χ1) is 17.9. The van der Waals surface area contributed by atoms with Crippen molar-refractivity contribution in [1.82, 2.24) is 20.9 Å². The Hall–Kier alpha value is -2.94. The first-order valence-electron chi connectivity index (χ1n) is 13.9. The third kappa shape index (κ3) is 6.73. The van der Waals surface area contributed by atoms with Crippen LogP contribution < -0.4 is 16.0 Å². The molecule has 0 radical (unpaired) electrons. The van der Waals surface area contributed by atoms with Crippen LogP contribution in [0.5, 0.6) is 0 Å². The SMILES string of the molecule is CC(C)C[C@@H](NC1CCC(NC(=O)OC(C)(C)C)CC1)c1cccc2c1CN([C@@H]1CCC(=O)NC1=O)C2=O. The van der Waals surface area contributed by atoms with Crippen LogP contribution in [0.15, 0.2) is 18.2 Å². The first kappa shape index (κ1) is 28.1. The van der Waals surface area contributed by atoms with E-state index >= 15 is 0 Å². The fourth-order valence-electron chi connectivity index (χ4n) is 5.86. The highest BCUT2D eigenvalue weighted by Crippen LogP contribution is 2.35. The molecule has 0 aromatic heterocycles. The maximum Gasteiger partial charge on any atom is 0.407 e. The molecule has 0 spiro atoms. The molecule has 3 N–H and O–H groups in total. The Bertz CT molecular complexity index is 1070. The Morgan fingerprint density at radius 2 is 1.76 bits per heavy atom. The van der Waals surface area contributed by atoms with Crippen molar-refractivity contribution in [2.24, 2.45) is 5.92 Å². The van der Waals surface area contributed by atoms with Crippen LogP contribution in [0.3, 0.4) is 0 Å². The van der Waals surface area contributed by atoms with Crippen LogP contribution in [0.25, 0.3) is 0 Å². The first-order valence-corrected chi connectivity index (χ1v) is 13.9. The number of fused-ring (bicyclic) bond motifs is 1. The second kappa shape index (κ2) is 11.4. The molecule has 38 heavy (non-hydrogen) atoms. The summed E-state index contributed by atoms with van der Waals surface area (Å²) in [7, 11) is 0. The quantitative estimate of drug-likeness (QED) is 0.463. The van der Waals surface area contributed by atoms with Gasteiger partial charge in [0.15, 0.2) is 0 Å². The number of ether oxygens (including phenoxy) is 1. The van der Waals surface area contributed by atoms with Gasteiger partial charge in [0.2, 0.25) is 11.8 Å².